The smallest absolute Gasteiger partial charge is 0.475 e. The average Bonchev–Trinajstić information content (AvgIpc) is 3.49. The first-order valence-corrected chi connectivity index (χ1v) is 15.1. The fraction of sp³-hybridized carbons (Fsp3) is 0.839. The van der Waals surface area contributed by atoms with Crippen molar-refractivity contribution in [2.75, 3.05) is 33.4 Å². The Bertz CT molecular complexity index is 1330. The van der Waals surface area contributed by atoms with Crippen LogP contribution in [0.15, 0.2) is 6.08 Å². The molecule has 7 nitrogen and oxygen atoms in total. The summed E-state index contributed by atoms with van der Waals surface area (Å²) in [6.45, 7) is -6.65. The summed E-state index contributed by atoms with van der Waals surface area (Å²) in [7, 11) is 1.85. The monoisotopic (exact) mass is 577 g/mol. The van der Waals surface area contributed by atoms with E-state index in [1.165, 1.54) is 51.4 Å². The van der Waals surface area contributed by atoms with Crippen molar-refractivity contribution in [3.8, 4) is 5.88 Å². The predicted octanol–water partition coefficient (Wildman–Crippen LogP) is 8.69. The Labute approximate surface area is 259 Å². The summed E-state index contributed by atoms with van der Waals surface area (Å²) in [4.78, 5) is 12.9. The highest BCUT2D eigenvalue weighted by atomic mass is 32.1. The largest absolute Gasteiger partial charge is 0.512 e. The first-order valence-electron chi connectivity index (χ1n) is 20.9. The van der Waals surface area contributed by atoms with Gasteiger partial charge in [-0.25, -0.2) is 4.79 Å². The minimum Gasteiger partial charge on any atom is -0.475 e. The van der Waals surface area contributed by atoms with Gasteiger partial charge in [0.2, 0.25) is 6.73 Å². The minimum absolute atomic E-state index is 0.0214. The summed E-state index contributed by atoms with van der Waals surface area (Å²) in [5, 5.41) is 0. The van der Waals surface area contributed by atoms with Crippen LogP contribution in [-0.4, -0.2) is 58.9 Å². The zero-order chi connectivity index (χ0) is 39.1. The molecule has 0 aromatic carbocycles. The molecule has 1 atom stereocenters. The van der Waals surface area contributed by atoms with Gasteiger partial charge < -0.3 is 14.2 Å². The molecule has 0 radical (unpaired) electrons. The van der Waals surface area contributed by atoms with Gasteiger partial charge in [0.05, 0.1) is 34.6 Å². The van der Waals surface area contributed by atoms with Crippen molar-refractivity contribution < 1.29 is 41.3 Å². The van der Waals surface area contributed by atoms with Crippen molar-refractivity contribution in [2.24, 2.45) is 0 Å². The molecule has 1 unspecified atom stereocenters. The van der Waals surface area contributed by atoms with Crippen LogP contribution in [-0.2, 0) is 9.47 Å². The van der Waals surface area contributed by atoms with Crippen LogP contribution in [0.5, 0.6) is 5.88 Å². The van der Waals surface area contributed by atoms with E-state index < -0.39 is 50.9 Å². The van der Waals surface area contributed by atoms with Crippen LogP contribution < -0.4 is 4.74 Å². The van der Waals surface area contributed by atoms with E-state index in [0.29, 0.717) is 30.3 Å². The van der Waals surface area contributed by atoms with E-state index in [1.807, 2.05) is 7.05 Å². The van der Waals surface area contributed by atoms with Crippen LogP contribution in [0, 0.1) is 0 Å². The molecule has 1 aliphatic heterocycles. The van der Waals surface area contributed by atoms with Crippen molar-refractivity contribution in [2.45, 2.75) is 135 Å². The Balaban J connectivity index is 1.67. The van der Waals surface area contributed by atoms with Gasteiger partial charge in [-0.1, -0.05) is 96.3 Å². The lowest BCUT2D eigenvalue weighted by molar-refractivity contribution is -0.919. The number of rotatable bonds is 10. The Kier molecular flexibility index (Phi) is 8.60. The highest BCUT2D eigenvalue weighted by Crippen LogP contribution is 2.30. The first-order chi connectivity index (χ1) is 24.0. The molecule has 0 bridgehead atoms. The van der Waals surface area contributed by atoms with Crippen molar-refractivity contribution in [3.05, 3.63) is 11.8 Å². The number of ether oxygens (including phenoxy) is 3. The summed E-state index contributed by atoms with van der Waals surface area (Å²) < 4.78 is 129. The maximum atomic E-state index is 12.9. The van der Waals surface area contributed by atoms with E-state index in [4.69, 9.17) is 32.0 Å². The topological polar surface area (TPSA) is 70.5 Å². The molecule has 0 spiro atoms. The Morgan fingerprint density at radius 3 is 2.33 bits per heavy atom. The second kappa shape index (κ2) is 18.6. The van der Waals surface area contributed by atoms with Crippen LogP contribution >= 0.6 is 11.7 Å². The zero-order valence-corrected chi connectivity index (χ0v) is 24.1. The molecule has 1 aromatic rings. The van der Waals surface area contributed by atoms with Gasteiger partial charge in [-0.2, -0.15) is 4.37 Å². The molecule has 1 fully saturated rings. The maximum absolute atomic E-state index is 12.9. The van der Waals surface area contributed by atoms with Crippen molar-refractivity contribution in [1.82, 2.24) is 8.75 Å². The van der Waals surface area contributed by atoms with Crippen LogP contribution in [0.25, 0.3) is 5.57 Å². The lowest BCUT2D eigenvalue weighted by Crippen LogP contribution is -2.49. The second-order valence-corrected chi connectivity index (χ2v) is 11.3. The molecule has 1 aliphatic carbocycles. The van der Waals surface area contributed by atoms with Gasteiger partial charge in [-0.15, -0.1) is 4.37 Å². The quantitative estimate of drug-likeness (QED) is 0.205. The predicted molar refractivity (Wildman–Crippen MR) is 159 cm³/mol. The Morgan fingerprint density at radius 1 is 1.00 bits per heavy atom. The van der Waals surface area contributed by atoms with Gasteiger partial charge >= 0.3 is 6.16 Å². The second-order valence-electron chi connectivity index (χ2n) is 10.7. The van der Waals surface area contributed by atoms with Crippen LogP contribution in [0.1, 0.15) is 152 Å². The molecule has 0 amide bonds. The van der Waals surface area contributed by atoms with Crippen molar-refractivity contribution in [3.63, 3.8) is 0 Å². The molecule has 0 saturated heterocycles. The molecule has 3 rings (SSSR count). The van der Waals surface area contributed by atoms with Gasteiger partial charge in [-0.05, 0) is 32.1 Å². The number of carbonyl (C=O) groups excluding carboxylic acids is 1. The number of hydrogen-bond acceptors (Lipinski definition) is 7. The molecule has 1 saturated carbocycles. The van der Waals surface area contributed by atoms with E-state index in [9.17, 15) is 4.79 Å². The van der Waals surface area contributed by atoms with Crippen molar-refractivity contribution in [1.29, 1.82) is 0 Å². The number of carbonyl (C=O) groups is 1. The Hall–Kier alpha value is -1.67. The highest BCUT2D eigenvalue weighted by Gasteiger charge is 2.31. The summed E-state index contributed by atoms with van der Waals surface area (Å²) in [6, 6.07) is 0. The van der Waals surface area contributed by atoms with E-state index in [2.05, 4.69) is 8.75 Å². The Morgan fingerprint density at radius 2 is 1.67 bits per heavy atom. The van der Waals surface area contributed by atoms with E-state index in [1.54, 1.807) is 6.08 Å². The summed E-state index contributed by atoms with van der Waals surface area (Å²) in [5.74, 6) is -0.515. The third kappa shape index (κ3) is 12.6. The average molecular weight is 578 g/mol. The first kappa shape index (κ1) is 18.0. The molecular weight excluding hydrogens is 510 g/mol. The lowest BCUT2D eigenvalue weighted by atomic mass is 10.0. The fourth-order valence-corrected chi connectivity index (χ4v) is 5.66. The summed E-state index contributed by atoms with van der Waals surface area (Å²) in [5.41, 5.74) is 0.526. The number of aromatic nitrogens is 2. The number of hydrogen-bond donors (Lipinski definition) is 0. The van der Waals surface area contributed by atoms with E-state index in [0.717, 1.165) is 38.5 Å². The lowest BCUT2D eigenvalue weighted by Gasteiger charge is -2.36. The standard InChI is InChI=1S/C31H54N3O4S/c1-3-4-5-18-24-36-30-29(32-39-33-30)27-20-19-23-34(2,25-27)26-37-31(35)38-28-21-16-14-12-10-8-6-7-9-11-13-15-17-22-28/h20,28H,3-19,21-26H2,1-2H3/q+1/i1D3,3D2,4D2,5D2,18D2,24D2. The number of nitrogens with zero attached hydrogens (tertiary/aromatic N) is 3. The van der Waals surface area contributed by atoms with Gasteiger partial charge in [-0.3, -0.25) is 4.48 Å². The third-order valence-corrected chi connectivity index (χ3v) is 7.83. The zero-order valence-electron chi connectivity index (χ0n) is 36.3. The highest BCUT2D eigenvalue weighted by molar-refractivity contribution is 6.99. The SMILES string of the molecule is [2H]C([2H])([2H])C([2H])([2H])C([2H])([2H])C([2H])([2H])C([2H])([2H])C([2H])([2H])Oc1nsnc1C1=CCC[N+](C)(COC(=O)OC2CCCCCCCCCCCCCC2)C1. The summed E-state index contributed by atoms with van der Waals surface area (Å²) >= 11 is 0.612. The number of quaternary nitrogens is 1. The molecule has 0 N–H and O–H groups in total. The molecule has 8 heteroatoms. The fourth-order valence-electron chi connectivity index (χ4n) is 5.15. The van der Waals surface area contributed by atoms with Crippen LogP contribution in [0.4, 0.5) is 4.79 Å². The van der Waals surface area contributed by atoms with Crippen LogP contribution in [0.3, 0.4) is 0 Å². The van der Waals surface area contributed by atoms with Crippen LogP contribution in [0.2, 0.25) is 0 Å². The molecule has 222 valence electrons. The van der Waals surface area contributed by atoms with Gasteiger partial charge in [0.1, 0.15) is 18.3 Å². The minimum atomic E-state index is -4.07. The molecule has 1 aromatic heterocycles. The molecule has 2 aliphatic rings. The van der Waals surface area contributed by atoms with Gasteiger partial charge in [0.15, 0.2) is 0 Å². The van der Waals surface area contributed by atoms with Gasteiger partial charge in [0, 0.05) is 27.1 Å². The maximum Gasteiger partial charge on any atom is 0.512 e. The summed E-state index contributed by atoms with van der Waals surface area (Å²) in [6.07, 6.45) is 1.09. The van der Waals surface area contributed by atoms with E-state index in [-0.39, 0.29) is 29.6 Å². The van der Waals surface area contributed by atoms with E-state index >= 15 is 0 Å². The normalized spacial score (nSPS) is 29.9. The number of likely N-dealkylation sites (N-methyl/N-ethyl adjacent to an activating group) is 1. The third-order valence-electron chi connectivity index (χ3n) is 7.32. The molecule has 2 heterocycles. The van der Waals surface area contributed by atoms with Crippen molar-refractivity contribution >= 4 is 23.5 Å². The van der Waals surface area contributed by atoms with Gasteiger partial charge in [0.25, 0.3) is 5.88 Å². The molecular formula is C31H54N3O4S+. The molecule has 39 heavy (non-hydrogen) atoms.